The van der Waals surface area contributed by atoms with Crippen LogP contribution in [0.1, 0.15) is 27.2 Å². The zero-order chi connectivity index (χ0) is 13.3. The lowest BCUT2D eigenvalue weighted by Crippen LogP contribution is -2.49. The number of hydrogen-bond acceptors (Lipinski definition) is 4. The molecule has 18 heavy (non-hydrogen) atoms. The minimum atomic E-state index is -0.724. The number of rotatable bonds is 3. The Morgan fingerprint density at radius 1 is 1.44 bits per heavy atom. The number of amidine groups is 1. The number of carboxylic acid groups (broad SMARTS) is 1. The molecule has 0 aliphatic carbocycles. The van der Waals surface area contributed by atoms with Crippen LogP contribution in [0.5, 0.6) is 0 Å². The first-order valence-electron chi connectivity index (χ1n) is 6.44. The molecule has 5 nitrogen and oxygen atoms in total. The van der Waals surface area contributed by atoms with Crippen molar-refractivity contribution in [1.82, 2.24) is 9.80 Å². The Labute approximate surface area is 108 Å². The lowest BCUT2D eigenvalue weighted by Gasteiger charge is -2.42. The average molecular weight is 251 g/mol. The van der Waals surface area contributed by atoms with Gasteiger partial charge in [0.1, 0.15) is 5.84 Å². The molecule has 0 aromatic rings. The number of hydrogen-bond donors (Lipinski definition) is 1. The topological polar surface area (TPSA) is 56.1 Å². The van der Waals surface area contributed by atoms with E-state index in [1.165, 1.54) is 11.3 Å². The normalized spacial score (nSPS) is 24.9. The number of aliphatic carboxylic acids is 1. The highest BCUT2D eigenvalue weighted by atomic mass is 16.4. The first kappa shape index (κ1) is 13.1. The van der Waals surface area contributed by atoms with Gasteiger partial charge >= 0.3 is 5.97 Å². The van der Waals surface area contributed by atoms with E-state index in [0.29, 0.717) is 6.54 Å². The highest BCUT2D eigenvalue weighted by Gasteiger charge is 2.28. The summed E-state index contributed by atoms with van der Waals surface area (Å²) >= 11 is 0. The summed E-state index contributed by atoms with van der Waals surface area (Å²) in [4.78, 5) is 19.7. The number of nitrogens with zero attached hydrogens (tertiary/aromatic N) is 3. The van der Waals surface area contributed by atoms with Crippen LogP contribution in [0.25, 0.3) is 0 Å². The summed E-state index contributed by atoms with van der Waals surface area (Å²) in [7, 11) is 0. The molecule has 2 heterocycles. The SMILES string of the molecule is CC1=N[C@@H](C)C(C)=C2CN(CCC(=O)O)CCN12. The Morgan fingerprint density at radius 3 is 2.83 bits per heavy atom. The van der Waals surface area contributed by atoms with Crippen LogP contribution in [0, 0.1) is 0 Å². The first-order valence-corrected chi connectivity index (χ1v) is 6.44. The van der Waals surface area contributed by atoms with Gasteiger partial charge in [-0.15, -0.1) is 0 Å². The van der Waals surface area contributed by atoms with Crippen molar-refractivity contribution in [2.45, 2.75) is 33.2 Å². The fraction of sp³-hybridized carbons (Fsp3) is 0.692. The fourth-order valence-electron chi connectivity index (χ4n) is 2.58. The summed E-state index contributed by atoms with van der Waals surface area (Å²) in [6.45, 7) is 9.58. The molecule has 0 unspecified atom stereocenters. The smallest absolute Gasteiger partial charge is 0.304 e. The molecule has 0 spiro atoms. The maximum absolute atomic E-state index is 10.6. The van der Waals surface area contributed by atoms with Gasteiger partial charge in [-0.25, -0.2) is 0 Å². The third-order valence-electron chi connectivity index (χ3n) is 3.83. The highest BCUT2D eigenvalue weighted by molar-refractivity contribution is 5.83. The van der Waals surface area contributed by atoms with Crippen molar-refractivity contribution in [2.75, 3.05) is 26.2 Å². The Bertz CT molecular complexity index is 414. The Kier molecular flexibility index (Phi) is 3.71. The van der Waals surface area contributed by atoms with Gasteiger partial charge in [0, 0.05) is 31.9 Å². The molecule has 2 aliphatic rings. The molecule has 1 atom stereocenters. The predicted octanol–water partition coefficient (Wildman–Crippen LogP) is 1.17. The van der Waals surface area contributed by atoms with Crippen molar-refractivity contribution in [2.24, 2.45) is 4.99 Å². The Hall–Kier alpha value is -1.36. The second-order valence-corrected chi connectivity index (χ2v) is 5.05. The number of piperazine rings is 1. The molecule has 2 rings (SSSR count). The Balaban J connectivity index is 2.07. The van der Waals surface area contributed by atoms with Crippen LogP contribution in [0.3, 0.4) is 0 Å². The van der Waals surface area contributed by atoms with E-state index < -0.39 is 5.97 Å². The standard InChI is InChI=1S/C13H21N3O2/c1-9-10(2)14-11(3)16-7-6-15(8-12(9)16)5-4-13(17)18/h10H,4-8H2,1-3H3,(H,17,18)/t10-/m0/s1. The van der Waals surface area contributed by atoms with E-state index in [-0.39, 0.29) is 12.5 Å². The summed E-state index contributed by atoms with van der Waals surface area (Å²) in [5.41, 5.74) is 2.62. The molecular weight excluding hydrogens is 230 g/mol. The van der Waals surface area contributed by atoms with Crippen molar-refractivity contribution >= 4 is 11.8 Å². The third-order valence-corrected chi connectivity index (χ3v) is 3.83. The minimum absolute atomic E-state index is 0.217. The molecule has 100 valence electrons. The maximum Gasteiger partial charge on any atom is 0.304 e. The van der Waals surface area contributed by atoms with Crippen LogP contribution in [0.2, 0.25) is 0 Å². The van der Waals surface area contributed by atoms with Gasteiger partial charge in [0.2, 0.25) is 0 Å². The van der Waals surface area contributed by atoms with Gasteiger partial charge in [-0.2, -0.15) is 0 Å². The number of carboxylic acids is 1. The third kappa shape index (κ3) is 2.56. The summed E-state index contributed by atoms with van der Waals surface area (Å²) < 4.78 is 0. The van der Waals surface area contributed by atoms with Crippen LogP contribution >= 0.6 is 0 Å². The number of carbonyl (C=O) groups is 1. The van der Waals surface area contributed by atoms with Gasteiger partial charge in [-0.05, 0) is 26.3 Å². The molecule has 0 aromatic heterocycles. The molecule has 0 aromatic carbocycles. The van der Waals surface area contributed by atoms with Crippen molar-refractivity contribution in [3.8, 4) is 0 Å². The summed E-state index contributed by atoms with van der Waals surface area (Å²) in [6, 6.07) is 0.246. The highest BCUT2D eigenvalue weighted by Crippen LogP contribution is 2.25. The van der Waals surface area contributed by atoms with Crippen LogP contribution in [0.15, 0.2) is 16.3 Å². The monoisotopic (exact) mass is 251 g/mol. The molecule has 5 heteroatoms. The molecule has 0 amide bonds. The molecule has 0 saturated carbocycles. The van der Waals surface area contributed by atoms with Gasteiger partial charge in [0.05, 0.1) is 12.5 Å². The first-order chi connectivity index (χ1) is 8.49. The lowest BCUT2D eigenvalue weighted by molar-refractivity contribution is -0.137. The van der Waals surface area contributed by atoms with E-state index in [0.717, 1.165) is 25.5 Å². The zero-order valence-corrected chi connectivity index (χ0v) is 11.3. The number of aliphatic imine (C=N–C) groups is 1. The Morgan fingerprint density at radius 2 is 2.17 bits per heavy atom. The molecule has 0 radical (unpaired) electrons. The van der Waals surface area contributed by atoms with E-state index >= 15 is 0 Å². The molecular formula is C13H21N3O2. The van der Waals surface area contributed by atoms with E-state index in [9.17, 15) is 4.79 Å². The van der Waals surface area contributed by atoms with E-state index in [1.807, 2.05) is 0 Å². The lowest BCUT2D eigenvalue weighted by atomic mass is 10.0. The van der Waals surface area contributed by atoms with Gasteiger partial charge < -0.3 is 10.0 Å². The van der Waals surface area contributed by atoms with Gasteiger partial charge in [-0.1, -0.05) is 0 Å². The van der Waals surface area contributed by atoms with Gasteiger partial charge in [0.25, 0.3) is 0 Å². The molecule has 2 aliphatic heterocycles. The average Bonchev–Trinajstić information content (AvgIpc) is 2.33. The van der Waals surface area contributed by atoms with E-state index in [2.05, 4.69) is 35.6 Å². The van der Waals surface area contributed by atoms with Crippen LogP contribution in [-0.2, 0) is 4.79 Å². The predicted molar refractivity (Wildman–Crippen MR) is 70.7 cm³/mol. The van der Waals surface area contributed by atoms with Crippen molar-refractivity contribution in [1.29, 1.82) is 0 Å². The molecule has 1 saturated heterocycles. The molecule has 1 fully saturated rings. The summed E-state index contributed by atoms with van der Waals surface area (Å²) in [5, 5.41) is 8.74. The van der Waals surface area contributed by atoms with E-state index in [4.69, 9.17) is 5.11 Å². The largest absolute Gasteiger partial charge is 0.481 e. The minimum Gasteiger partial charge on any atom is -0.481 e. The second kappa shape index (κ2) is 5.10. The zero-order valence-electron chi connectivity index (χ0n) is 11.3. The quantitative estimate of drug-likeness (QED) is 0.818. The van der Waals surface area contributed by atoms with Crippen LogP contribution in [0.4, 0.5) is 0 Å². The number of fused-ring (bicyclic) bond motifs is 1. The molecule has 1 N–H and O–H groups in total. The van der Waals surface area contributed by atoms with Crippen molar-refractivity contribution < 1.29 is 9.90 Å². The summed E-state index contributed by atoms with van der Waals surface area (Å²) in [6.07, 6.45) is 0.217. The van der Waals surface area contributed by atoms with Crippen molar-refractivity contribution in [3.05, 3.63) is 11.3 Å². The second-order valence-electron chi connectivity index (χ2n) is 5.05. The van der Waals surface area contributed by atoms with E-state index in [1.54, 1.807) is 0 Å². The molecule has 0 bridgehead atoms. The maximum atomic E-state index is 10.6. The van der Waals surface area contributed by atoms with Crippen LogP contribution in [-0.4, -0.2) is 58.9 Å². The van der Waals surface area contributed by atoms with Gasteiger partial charge in [0.15, 0.2) is 0 Å². The summed E-state index contributed by atoms with van der Waals surface area (Å²) in [5.74, 6) is 0.360. The fourth-order valence-corrected chi connectivity index (χ4v) is 2.58. The van der Waals surface area contributed by atoms with Crippen LogP contribution < -0.4 is 0 Å². The van der Waals surface area contributed by atoms with Gasteiger partial charge in [-0.3, -0.25) is 14.7 Å². The van der Waals surface area contributed by atoms with Crippen molar-refractivity contribution in [3.63, 3.8) is 0 Å².